The van der Waals surface area contributed by atoms with Crippen LogP contribution in [0.3, 0.4) is 0 Å². The fourth-order valence-electron chi connectivity index (χ4n) is 0.764. The average molecular weight is 133 g/mol. The summed E-state index contributed by atoms with van der Waals surface area (Å²) < 4.78 is 0. The van der Waals surface area contributed by atoms with Crippen LogP contribution in [0.15, 0.2) is 49.4 Å². The fraction of sp³-hybridized carbons (Fsp3) is 0.111. The lowest BCUT2D eigenvalue weighted by Crippen LogP contribution is -2.10. The first-order valence-corrected chi connectivity index (χ1v) is 3.32. The summed E-state index contributed by atoms with van der Waals surface area (Å²) >= 11 is 0. The van der Waals surface area contributed by atoms with Crippen molar-refractivity contribution in [1.82, 2.24) is 4.90 Å². The van der Waals surface area contributed by atoms with Crippen LogP contribution >= 0.6 is 0 Å². The molecule has 0 fully saturated rings. The van der Waals surface area contributed by atoms with E-state index in [9.17, 15) is 0 Å². The Hall–Kier alpha value is -1.24. The van der Waals surface area contributed by atoms with Gasteiger partial charge in [0.15, 0.2) is 0 Å². The molecule has 52 valence electrons. The van der Waals surface area contributed by atoms with Gasteiger partial charge in [0.1, 0.15) is 0 Å². The fourth-order valence-corrected chi connectivity index (χ4v) is 0.764. The maximum Gasteiger partial charge on any atom is 0.0403 e. The standard InChI is InChI=1S/C9H11N/c1-2-3-7-10-8-5-4-6-9-10/h2-8H,1,9H2/b7-3+. The van der Waals surface area contributed by atoms with Gasteiger partial charge in [-0.15, -0.1) is 0 Å². The molecule has 0 saturated carbocycles. The number of hydrogen-bond acceptors (Lipinski definition) is 1. The Balaban J connectivity index is 2.43. The van der Waals surface area contributed by atoms with Gasteiger partial charge in [0.25, 0.3) is 0 Å². The summed E-state index contributed by atoms with van der Waals surface area (Å²) in [5, 5.41) is 0. The lowest BCUT2D eigenvalue weighted by Gasteiger charge is -2.13. The largest absolute Gasteiger partial charge is 0.351 e. The third kappa shape index (κ3) is 1.94. The summed E-state index contributed by atoms with van der Waals surface area (Å²) in [5.74, 6) is 0. The van der Waals surface area contributed by atoms with Gasteiger partial charge in [0.2, 0.25) is 0 Å². The molecule has 0 aromatic rings. The maximum atomic E-state index is 3.59. The first kappa shape index (κ1) is 6.87. The number of nitrogens with zero attached hydrogens (tertiary/aromatic N) is 1. The molecule has 0 unspecified atom stereocenters. The Bertz CT molecular complexity index is 187. The van der Waals surface area contributed by atoms with Crippen LogP contribution in [0.2, 0.25) is 0 Å². The molecule has 10 heavy (non-hydrogen) atoms. The maximum absolute atomic E-state index is 3.59. The predicted molar refractivity (Wildman–Crippen MR) is 44.3 cm³/mol. The van der Waals surface area contributed by atoms with Crippen molar-refractivity contribution in [2.24, 2.45) is 0 Å². The first-order chi connectivity index (χ1) is 4.93. The third-order valence-electron chi connectivity index (χ3n) is 1.25. The van der Waals surface area contributed by atoms with E-state index in [2.05, 4.69) is 17.6 Å². The van der Waals surface area contributed by atoms with E-state index in [4.69, 9.17) is 0 Å². The number of rotatable bonds is 2. The molecule has 1 aliphatic rings. The highest BCUT2D eigenvalue weighted by Gasteiger charge is 1.90. The van der Waals surface area contributed by atoms with Gasteiger partial charge in [-0.1, -0.05) is 24.8 Å². The lowest BCUT2D eigenvalue weighted by molar-refractivity contribution is 0.560. The van der Waals surface area contributed by atoms with Crippen molar-refractivity contribution in [2.75, 3.05) is 6.54 Å². The highest BCUT2D eigenvalue weighted by Crippen LogP contribution is 1.98. The van der Waals surface area contributed by atoms with Crippen molar-refractivity contribution in [3.63, 3.8) is 0 Å². The highest BCUT2D eigenvalue weighted by molar-refractivity contribution is 5.12. The van der Waals surface area contributed by atoms with Crippen molar-refractivity contribution in [1.29, 1.82) is 0 Å². The van der Waals surface area contributed by atoms with Gasteiger partial charge in [0.05, 0.1) is 0 Å². The summed E-state index contributed by atoms with van der Waals surface area (Å²) in [5.41, 5.74) is 0. The topological polar surface area (TPSA) is 3.24 Å². The highest BCUT2D eigenvalue weighted by atomic mass is 15.1. The second-order valence-corrected chi connectivity index (χ2v) is 2.04. The summed E-state index contributed by atoms with van der Waals surface area (Å²) in [7, 11) is 0. The number of allylic oxidation sites excluding steroid dienone is 4. The molecule has 0 N–H and O–H groups in total. The molecule has 0 atom stereocenters. The molecule has 0 aromatic carbocycles. The molecule has 1 heterocycles. The second-order valence-electron chi connectivity index (χ2n) is 2.04. The molecule has 1 heteroatoms. The van der Waals surface area contributed by atoms with Crippen LogP contribution in [-0.4, -0.2) is 11.4 Å². The van der Waals surface area contributed by atoms with E-state index < -0.39 is 0 Å². The van der Waals surface area contributed by atoms with E-state index in [0.29, 0.717) is 0 Å². The van der Waals surface area contributed by atoms with Crippen molar-refractivity contribution in [2.45, 2.75) is 0 Å². The smallest absolute Gasteiger partial charge is 0.0403 e. The minimum absolute atomic E-state index is 0.959. The predicted octanol–water partition coefficient (Wildman–Crippen LogP) is 2.07. The Morgan fingerprint density at radius 2 is 2.30 bits per heavy atom. The van der Waals surface area contributed by atoms with E-state index in [1.54, 1.807) is 6.08 Å². The van der Waals surface area contributed by atoms with Crippen LogP contribution in [0.25, 0.3) is 0 Å². The normalized spacial score (nSPS) is 16.6. The van der Waals surface area contributed by atoms with Crippen LogP contribution in [-0.2, 0) is 0 Å². The van der Waals surface area contributed by atoms with Crippen molar-refractivity contribution in [3.8, 4) is 0 Å². The summed E-state index contributed by atoms with van der Waals surface area (Å²) in [6.07, 6.45) is 13.9. The quantitative estimate of drug-likeness (QED) is 0.521. The number of hydrogen-bond donors (Lipinski definition) is 0. The summed E-state index contributed by atoms with van der Waals surface area (Å²) in [6.45, 7) is 4.55. The zero-order valence-electron chi connectivity index (χ0n) is 5.90. The van der Waals surface area contributed by atoms with Crippen LogP contribution in [0.1, 0.15) is 0 Å². The minimum atomic E-state index is 0.959. The molecule has 0 bridgehead atoms. The SMILES string of the molecule is C=C/C=C/N1C=CC=CC1. The summed E-state index contributed by atoms with van der Waals surface area (Å²) in [6, 6.07) is 0. The van der Waals surface area contributed by atoms with Crippen LogP contribution in [0.5, 0.6) is 0 Å². The first-order valence-electron chi connectivity index (χ1n) is 3.32. The van der Waals surface area contributed by atoms with Gasteiger partial charge in [0, 0.05) is 18.9 Å². The monoisotopic (exact) mass is 133 g/mol. The van der Waals surface area contributed by atoms with Gasteiger partial charge in [-0.2, -0.15) is 0 Å². The molecule has 1 aliphatic heterocycles. The van der Waals surface area contributed by atoms with E-state index in [1.807, 2.05) is 30.6 Å². The van der Waals surface area contributed by atoms with Crippen molar-refractivity contribution >= 4 is 0 Å². The minimum Gasteiger partial charge on any atom is -0.351 e. The molecule has 0 aliphatic carbocycles. The molecular weight excluding hydrogens is 122 g/mol. The van der Waals surface area contributed by atoms with E-state index in [0.717, 1.165) is 6.54 Å². The third-order valence-corrected chi connectivity index (χ3v) is 1.25. The molecule has 0 spiro atoms. The van der Waals surface area contributed by atoms with Gasteiger partial charge >= 0.3 is 0 Å². The summed E-state index contributed by atoms with van der Waals surface area (Å²) in [4.78, 5) is 2.08. The zero-order valence-corrected chi connectivity index (χ0v) is 5.90. The van der Waals surface area contributed by atoms with Crippen molar-refractivity contribution in [3.05, 3.63) is 49.4 Å². The van der Waals surface area contributed by atoms with Crippen LogP contribution in [0.4, 0.5) is 0 Å². The Morgan fingerprint density at radius 1 is 1.40 bits per heavy atom. The van der Waals surface area contributed by atoms with E-state index >= 15 is 0 Å². The van der Waals surface area contributed by atoms with E-state index in [1.165, 1.54) is 0 Å². The Labute approximate surface area is 61.7 Å². The van der Waals surface area contributed by atoms with Gasteiger partial charge < -0.3 is 4.90 Å². The molecule has 0 radical (unpaired) electrons. The molecule has 0 saturated heterocycles. The van der Waals surface area contributed by atoms with Gasteiger partial charge in [-0.3, -0.25) is 0 Å². The molecule has 0 aromatic heterocycles. The van der Waals surface area contributed by atoms with Crippen molar-refractivity contribution < 1.29 is 0 Å². The average Bonchev–Trinajstić information content (AvgIpc) is 2.03. The molecule has 1 rings (SSSR count). The lowest BCUT2D eigenvalue weighted by atomic mass is 10.3. The molecule has 1 nitrogen and oxygen atoms in total. The molecular formula is C9H11N. The molecule has 0 amide bonds. The second kappa shape index (κ2) is 3.72. The Morgan fingerprint density at radius 3 is 2.90 bits per heavy atom. The van der Waals surface area contributed by atoms with Gasteiger partial charge in [-0.25, -0.2) is 0 Å². The van der Waals surface area contributed by atoms with Crippen LogP contribution in [0, 0.1) is 0 Å². The van der Waals surface area contributed by atoms with Crippen LogP contribution < -0.4 is 0 Å². The van der Waals surface area contributed by atoms with E-state index in [-0.39, 0.29) is 0 Å². The Kier molecular flexibility index (Phi) is 2.56. The van der Waals surface area contributed by atoms with Gasteiger partial charge in [-0.05, 0) is 12.2 Å². The zero-order chi connectivity index (χ0) is 7.23.